The standard InChI is InChI=1S/C13H15BrFN3O/c1-13(2,3)10(16)12-17-11(18-19-12)8-5-4-7(15)6-9(8)14/h4-6,10H,16H2,1-3H3/t10-/m1/s1. The maximum absolute atomic E-state index is 13.0. The van der Waals surface area contributed by atoms with Gasteiger partial charge in [-0.1, -0.05) is 25.9 Å². The molecule has 2 N–H and O–H groups in total. The number of hydrogen-bond donors (Lipinski definition) is 1. The molecule has 1 atom stereocenters. The van der Waals surface area contributed by atoms with Gasteiger partial charge in [-0.2, -0.15) is 4.98 Å². The highest BCUT2D eigenvalue weighted by atomic mass is 79.9. The summed E-state index contributed by atoms with van der Waals surface area (Å²) >= 11 is 3.28. The number of rotatable bonds is 2. The van der Waals surface area contributed by atoms with E-state index < -0.39 is 0 Å². The lowest BCUT2D eigenvalue weighted by Crippen LogP contribution is -2.26. The van der Waals surface area contributed by atoms with Crippen LogP contribution in [-0.4, -0.2) is 10.1 Å². The number of halogens is 2. The van der Waals surface area contributed by atoms with Crippen molar-refractivity contribution in [2.45, 2.75) is 26.8 Å². The van der Waals surface area contributed by atoms with Crippen molar-refractivity contribution in [2.75, 3.05) is 0 Å². The van der Waals surface area contributed by atoms with Crippen molar-refractivity contribution in [3.05, 3.63) is 34.4 Å². The molecule has 1 heterocycles. The number of nitrogens with two attached hydrogens (primary N) is 1. The van der Waals surface area contributed by atoms with E-state index in [1.807, 2.05) is 20.8 Å². The predicted octanol–water partition coefficient (Wildman–Crippen LogP) is 3.68. The summed E-state index contributed by atoms with van der Waals surface area (Å²) in [6, 6.07) is 3.94. The van der Waals surface area contributed by atoms with Crippen LogP contribution in [0.2, 0.25) is 0 Å². The van der Waals surface area contributed by atoms with E-state index in [1.165, 1.54) is 12.1 Å². The third kappa shape index (κ3) is 3.01. The highest BCUT2D eigenvalue weighted by Gasteiger charge is 2.28. The minimum Gasteiger partial charge on any atom is -0.337 e. The SMILES string of the molecule is CC(C)(C)[C@H](N)c1nc(-c2ccc(F)cc2Br)no1. The Balaban J connectivity index is 2.36. The summed E-state index contributed by atoms with van der Waals surface area (Å²) in [5.74, 6) is 0.436. The zero-order valence-electron chi connectivity index (χ0n) is 10.9. The van der Waals surface area contributed by atoms with Crippen molar-refractivity contribution < 1.29 is 8.91 Å². The lowest BCUT2D eigenvalue weighted by molar-refractivity contribution is 0.253. The summed E-state index contributed by atoms with van der Waals surface area (Å²) in [7, 11) is 0. The molecule has 0 aliphatic rings. The molecular formula is C13H15BrFN3O. The lowest BCUT2D eigenvalue weighted by atomic mass is 9.87. The highest BCUT2D eigenvalue weighted by molar-refractivity contribution is 9.10. The Morgan fingerprint density at radius 3 is 2.63 bits per heavy atom. The maximum atomic E-state index is 13.0. The van der Waals surface area contributed by atoms with Crippen molar-refractivity contribution >= 4 is 15.9 Å². The molecule has 4 nitrogen and oxygen atoms in total. The van der Waals surface area contributed by atoms with Gasteiger partial charge in [-0.15, -0.1) is 0 Å². The maximum Gasteiger partial charge on any atom is 0.244 e. The second-order valence-electron chi connectivity index (χ2n) is 5.42. The van der Waals surface area contributed by atoms with E-state index in [4.69, 9.17) is 10.3 Å². The smallest absolute Gasteiger partial charge is 0.244 e. The van der Waals surface area contributed by atoms with Gasteiger partial charge < -0.3 is 10.3 Å². The van der Waals surface area contributed by atoms with E-state index >= 15 is 0 Å². The summed E-state index contributed by atoms with van der Waals surface area (Å²) in [4.78, 5) is 4.28. The van der Waals surface area contributed by atoms with E-state index in [2.05, 4.69) is 26.1 Å². The number of benzene rings is 1. The molecule has 0 saturated carbocycles. The van der Waals surface area contributed by atoms with Gasteiger partial charge in [0.15, 0.2) is 0 Å². The largest absolute Gasteiger partial charge is 0.337 e. The third-order valence-corrected chi connectivity index (χ3v) is 3.47. The molecule has 0 aliphatic heterocycles. The topological polar surface area (TPSA) is 64.9 Å². The minimum atomic E-state index is -0.354. The zero-order valence-corrected chi connectivity index (χ0v) is 12.5. The molecule has 0 amide bonds. The summed E-state index contributed by atoms with van der Waals surface area (Å²) in [6.45, 7) is 5.99. The Morgan fingerprint density at radius 1 is 1.37 bits per heavy atom. The molecule has 0 aliphatic carbocycles. The van der Waals surface area contributed by atoms with Crippen LogP contribution in [-0.2, 0) is 0 Å². The Hall–Kier alpha value is -1.27. The number of hydrogen-bond acceptors (Lipinski definition) is 4. The molecule has 6 heteroatoms. The zero-order chi connectivity index (χ0) is 14.2. The average molecular weight is 328 g/mol. The van der Waals surface area contributed by atoms with E-state index in [-0.39, 0.29) is 17.3 Å². The summed E-state index contributed by atoms with van der Waals surface area (Å²) in [5.41, 5.74) is 6.55. The van der Waals surface area contributed by atoms with Crippen LogP contribution in [0.5, 0.6) is 0 Å². The van der Waals surface area contributed by atoms with Crippen molar-refractivity contribution in [3.63, 3.8) is 0 Å². The molecule has 0 spiro atoms. The Bertz CT molecular complexity index is 592. The third-order valence-electron chi connectivity index (χ3n) is 2.81. The molecule has 19 heavy (non-hydrogen) atoms. The predicted molar refractivity (Wildman–Crippen MR) is 73.8 cm³/mol. The first-order valence-electron chi connectivity index (χ1n) is 5.83. The van der Waals surface area contributed by atoms with Crippen LogP contribution in [0.15, 0.2) is 27.2 Å². The Labute approximate surface area is 119 Å². The van der Waals surface area contributed by atoms with Crippen LogP contribution in [0, 0.1) is 11.2 Å². The van der Waals surface area contributed by atoms with Gasteiger partial charge in [-0.05, 0) is 39.5 Å². The molecule has 0 fully saturated rings. The van der Waals surface area contributed by atoms with E-state index in [1.54, 1.807) is 6.07 Å². The first kappa shape index (κ1) is 14.1. The molecule has 0 radical (unpaired) electrons. The van der Waals surface area contributed by atoms with Crippen LogP contribution < -0.4 is 5.73 Å². The molecule has 0 unspecified atom stereocenters. The number of nitrogens with zero attached hydrogens (tertiary/aromatic N) is 2. The van der Waals surface area contributed by atoms with Crippen molar-refractivity contribution in [3.8, 4) is 11.4 Å². The molecule has 0 saturated heterocycles. The van der Waals surface area contributed by atoms with Crippen LogP contribution >= 0.6 is 15.9 Å². The number of aromatic nitrogens is 2. The first-order valence-corrected chi connectivity index (χ1v) is 6.63. The lowest BCUT2D eigenvalue weighted by Gasteiger charge is -2.23. The monoisotopic (exact) mass is 327 g/mol. The fraction of sp³-hybridized carbons (Fsp3) is 0.385. The Morgan fingerprint density at radius 2 is 2.05 bits per heavy atom. The quantitative estimate of drug-likeness (QED) is 0.913. The fourth-order valence-electron chi connectivity index (χ4n) is 1.51. The highest BCUT2D eigenvalue weighted by Crippen LogP contribution is 2.32. The summed E-state index contributed by atoms with van der Waals surface area (Å²) in [5, 5.41) is 3.89. The molecule has 1 aromatic carbocycles. The van der Waals surface area contributed by atoms with Gasteiger partial charge >= 0.3 is 0 Å². The van der Waals surface area contributed by atoms with Crippen LogP contribution in [0.3, 0.4) is 0 Å². The summed E-state index contributed by atoms with van der Waals surface area (Å²) in [6.07, 6.45) is 0. The Kier molecular flexibility index (Phi) is 3.73. The summed E-state index contributed by atoms with van der Waals surface area (Å²) < 4.78 is 18.8. The molecule has 102 valence electrons. The average Bonchev–Trinajstić information content (AvgIpc) is 2.75. The molecule has 1 aromatic heterocycles. The van der Waals surface area contributed by atoms with Gasteiger partial charge in [0.25, 0.3) is 0 Å². The molecule has 0 bridgehead atoms. The molecular weight excluding hydrogens is 313 g/mol. The normalized spacial score (nSPS) is 13.6. The van der Waals surface area contributed by atoms with Gasteiger partial charge in [0.1, 0.15) is 5.82 Å². The van der Waals surface area contributed by atoms with Gasteiger partial charge in [0, 0.05) is 10.0 Å². The first-order chi connectivity index (χ1) is 8.79. The van der Waals surface area contributed by atoms with Crippen molar-refractivity contribution in [1.82, 2.24) is 10.1 Å². The molecule has 2 aromatic rings. The second kappa shape index (κ2) is 5.02. The van der Waals surface area contributed by atoms with Gasteiger partial charge in [0.05, 0.1) is 6.04 Å². The van der Waals surface area contributed by atoms with Crippen LogP contribution in [0.1, 0.15) is 32.7 Å². The molecule has 2 rings (SSSR count). The van der Waals surface area contributed by atoms with Crippen molar-refractivity contribution in [1.29, 1.82) is 0 Å². The van der Waals surface area contributed by atoms with Crippen molar-refractivity contribution in [2.24, 2.45) is 11.1 Å². The van der Waals surface area contributed by atoms with Gasteiger partial charge in [-0.3, -0.25) is 0 Å². The van der Waals surface area contributed by atoms with Gasteiger partial charge in [-0.25, -0.2) is 4.39 Å². The van der Waals surface area contributed by atoms with E-state index in [9.17, 15) is 4.39 Å². The fourth-order valence-corrected chi connectivity index (χ4v) is 2.04. The minimum absolute atomic E-state index is 0.177. The van der Waals surface area contributed by atoms with Gasteiger partial charge in [0.2, 0.25) is 11.7 Å². The van der Waals surface area contributed by atoms with Crippen LogP contribution in [0.25, 0.3) is 11.4 Å². The second-order valence-corrected chi connectivity index (χ2v) is 6.28. The van der Waals surface area contributed by atoms with E-state index in [0.717, 1.165) is 0 Å². The van der Waals surface area contributed by atoms with E-state index in [0.29, 0.717) is 21.8 Å². The van der Waals surface area contributed by atoms with Crippen LogP contribution in [0.4, 0.5) is 4.39 Å².